The van der Waals surface area contributed by atoms with Gasteiger partial charge in [-0.05, 0) is 51.0 Å². The molecule has 1 N–H and O–H groups in total. The van der Waals surface area contributed by atoms with Crippen LogP contribution in [-0.4, -0.2) is 24.2 Å². The van der Waals surface area contributed by atoms with Crippen molar-refractivity contribution in [2.24, 2.45) is 0 Å². The summed E-state index contributed by atoms with van der Waals surface area (Å²) in [4.78, 5) is 12.2. The number of carbonyl (C=O) groups is 1. The van der Waals surface area contributed by atoms with Gasteiger partial charge < -0.3 is 10.1 Å². The lowest BCUT2D eigenvalue weighted by molar-refractivity contribution is 0.0727. The lowest BCUT2D eigenvalue weighted by Crippen LogP contribution is -2.50. The van der Waals surface area contributed by atoms with Gasteiger partial charge in [-0.15, -0.1) is 0 Å². The molecule has 18 heavy (non-hydrogen) atoms. The van der Waals surface area contributed by atoms with Crippen molar-refractivity contribution in [3.8, 4) is 0 Å². The molecule has 2 unspecified atom stereocenters. The third-order valence-electron chi connectivity index (χ3n) is 3.72. The number of aryl methyl sites for hydroxylation is 1. The van der Waals surface area contributed by atoms with Crippen LogP contribution in [0.1, 0.15) is 36.2 Å². The number of carbonyl (C=O) groups excluding carboxylic acids is 1. The molecular formula is C14H18FNO2. The summed E-state index contributed by atoms with van der Waals surface area (Å²) in [5, 5.41) is 3.00. The SMILES string of the molecule is Cc1cc(F)ccc1C(=O)NC1(C)CCOC1C. The molecule has 1 saturated heterocycles. The van der Waals surface area contributed by atoms with Gasteiger partial charge in [0, 0.05) is 12.2 Å². The number of halogens is 1. The van der Waals surface area contributed by atoms with Crippen molar-refractivity contribution in [3.63, 3.8) is 0 Å². The minimum Gasteiger partial charge on any atom is -0.376 e. The summed E-state index contributed by atoms with van der Waals surface area (Å²) < 4.78 is 18.5. The smallest absolute Gasteiger partial charge is 0.252 e. The van der Waals surface area contributed by atoms with E-state index in [0.29, 0.717) is 17.7 Å². The van der Waals surface area contributed by atoms with Crippen LogP contribution < -0.4 is 5.32 Å². The summed E-state index contributed by atoms with van der Waals surface area (Å²) in [6, 6.07) is 4.19. The van der Waals surface area contributed by atoms with Gasteiger partial charge in [0.1, 0.15) is 5.82 Å². The molecule has 0 aliphatic carbocycles. The maximum atomic E-state index is 13.0. The van der Waals surface area contributed by atoms with Gasteiger partial charge in [-0.2, -0.15) is 0 Å². The molecule has 1 amide bonds. The average Bonchev–Trinajstić information content (AvgIpc) is 2.58. The zero-order chi connectivity index (χ0) is 13.3. The molecule has 1 aromatic rings. The quantitative estimate of drug-likeness (QED) is 0.876. The molecule has 98 valence electrons. The van der Waals surface area contributed by atoms with Gasteiger partial charge in [-0.3, -0.25) is 4.79 Å². The lowest BCUT2D eigenvalue weighted by atomic mass is 9.94. The highest BCUT2D eigenvalue weighted by Crippen LogP contribution is 2.25. The summed E-state index contributed by atoms with van der Waals surface area (Å²) in [7, 11) is 0. The number of amides is 1. The van der Waals surface area contributed by atoms with E-state index in [9.17, 15) is 9.18 Å². The molecule has 2 rings (SSSR count). The second kappa shape index (κ2) is 4.69. The van der Waals surface area contributed by atoms with Gasteiger partial charge in [-0.25, -0.2) is 4.39 Å². The van der Waals surface area contributed by atoms with E-state index < -0.39 is 0 Å². The molecule has 0 bridgehead atoms. The lowest BCUT2D eigenvalue weighted by Gasteiger charge is -2.29. The van der Waals surface area contributed by atoms with Gasteiger partial charge in [0.15, 0.2) is 0 Å². The minimum absolute atomic E-state index is 0.0118. The zero-order valence-corrected chi connectivity index (χ0v) is 10.9. The maximum Gasteiger partial charge on any atom is 0.252 e. The summed E-state index contributed by atoms with van der Waals surface area (Å²) >= 11 is 0. The van der Waals surface area contributed by atoms with E-state index in [4.69, 9.17) is 4.74 Å². The first-order valence-electron chi connectivity index (χ1n) is 6.13. The van der Waals surface area contributed by atoms with E-state index in [1.54, 1.807) is 6.92 Å². The molecule has 1 fully saturated rings. The van der Waals surface area contributed by atoms with E-state index >= 15 is 0 Å². The standard InChI is InChI=1S/C14H18FNO2/c1-9-8-11(15)4-5-12(9)13(17)16-14(3)6-7-18-10(14)2/h4-5,8,10H,6-7H2,1-3H3,(H,16,17). The molecular weight excluding hydrogens is 233 g/mol. The molecule has 0 radical (unpaired) electrons. The Hall–Kier alpha value is -1.42. The van der Waals surface area contributed by atoms with Crippen LogP contribution >= 0.6 is 0 Å². The van der Waals surface area contributed by atoms with Crippen molar-refractivity contribution in [3.05, 3.63) is 35.1 Å². The van der Waals surface area contributed by atoms with Crippen molar-refractivity contribution >= 4 is 5.91 Å². The van der Waals surface area contributed by atoms with E-state index in [2.05, 4.69) is 5.32 Å². The van der Waals surface area contributed by atoms with Gasteiger partial charge >= 0.3 is 0 Å². The Morgan fingerprint density at radius 1 is 1.56 bits per heavy atom. The number of ether oxygens (including phenoxy) is 1. The van der Waals surface area contributed by atoms with Gasteiger partial charge in [0.25, 0.3) is 5.91 Å². The highest BCUT2D eigenvalue weighted by molar-refractivity contribution is 5.96. The topological polar surface area (TPSA) is 38.3 Å². The third kappa shape index (κ3) is 2.38. The average molecular weight is 251 g/mol. The van der Waals surface area contributed by atoms with Crippen molar-refractivity contribution in [1.29, 1.82) is 0 Å². The molecule has 4 heteroatoms. The van der Waals surface area contributed by atoms with Crippen LogP contribution in [0.25, 0.3) is 0 Å². The molecule has 1 aromatic carbocycles. The highest BCUT2D eigenvalue weighted by Gasteiger charge is 2.38. The van der Waals surface area contributed by atoms with Crippen molar-refractivity contribution < 1.29 is 13.9 Å². The van der Waals surface area contributed by atoms with Gasteiger partial charge in [-0.1, -0.05) is 0 Å². The van der Waals surface area contributed by atoms with Gasteiger partial charge in [0.05, 0.1) is 11.6 Å². The molecule has 1 aliphatic heterocycles. The van der Waals surface area contributed by atoms with E-state index in [1.807, 2.05) is 13.8 Å². The summed E-state index contributed by atoms with van der Waals surface area (Å²) in [6.07, 6.45) is 0.780. The fourth-order valence-electron chi connectivity index (χ4n) is 2.21. The van der Waals surface area contributed by atoms with Crippen LogP contribution in [-0.2, 0) is 4.74 Å². The number of rotatable bonds is 2. The highest BCUT2D eigenvalue weighted by atomic mass is 19.1. The Labute approximate surface area is 106 Å². The molecule has 0 saturated carbocycles. The minimum atomic E-state index is -0.349. The van der Waals surface area contributed by atoms with Gasteiger partial charge in [0.2, 0.25) is 0 Å². The number of hydrogen-bond donors (Lipinski definition) is 1. The monoisotopic (exact) mass is 251 g/mol. The normalized spacial score (nSPS) is 27.2. The number of hydrogen-bond acceptors (Lipinski definition) is 2. The Morgan fingerprint density at radius 3 is 2.83 bits per heavy atom. The fourth-order valence-corrected chi connectivity index (χ4v) is 2.21. The molecule has 2 atom stereocenters. The van der Waals surface area contributed by atoms with Crippen LogP contribution in [0.2, 0.25) is 0 Å². The first-order chi connectivity index (χ1) is 8.42. The predicted octanol–water partition coefficient (Wildman–Crippen LogP) is 2.43. The molecule has 0 aromatic heterocycles. The summed E-state index contributed by atoms with van der Waals surface area (Å²) in [5.41, 5.74) is 0.803. The van der Waals surface area contributed by atoms with Crippen LogP contribution in [0.15, 0.2) is 18.2 Å². The van der Waals surface area contributed by atoms with Crippen molar-refractivity contribution in [2.45, 2.75) is 38.8 Å². The first kappa shape index (κ1) is 13.0. The predicted molar refractivity (Wildman–Crippen MR) is 67.0 cm³/mol. The molecule has 3 nitrogen and oxygen atoms in total. The van der Waals surface area contributed by atoms with Crippen LogP contribution in [0, 0.1) is 12.7 Å². The third-order valence-corrected chi connectivity index (χ3v) is 3.72. The van der Waals surface area contributed by atoms with E-state index in [-0.39, 0.29) is 23.4 Å². The first-order valence-corrected chi connectivity index (χ1v) is 6.13. The number of nitrogens with one attached hydrogen (secondary N) is 1. The Morgan fingerprint density at radius 2 is 2.28 bits per heavy atom. The largest absolute Gasteiger partial charge is 0.376 e. The Kier molecular flexibility index (Phi) is 3.39. The van der Waals surface area contributed by atoms with Crippen LogP contribution in [0.3, 0.4) is 0 Å². The second-order valence-electron chi connectivity index (χ2n) is 5.09. The van der Waals surface area contributed by atoms with E-state index in [1.165, 1.54) is 18.2 Å². The number of benzene rings is 1. The second-order valence-corrected chi connectivity index (χ2v) is 5.09. The Bertz CT molecular complexity index is 475. The van der Waals surface area contributed by atoms with Crippen LogP contribution in [0.4, 0.5) is 4.39 Å². The van der Waals surface area contributed by atoms with Crippen molar-refractivity contribution in [1.82, 2.24) is 5.32 Å². The molecule has 1 heterocycles. The summed E-state index contributed by atoms with van der Waals surface area (Å²) in [6.45, 7) is 6.31. The molecule has 1 aliphatic rings. The van der Waals surface area contributed by atoms with Crippen LogP contribution in [0.5, 0.6) is 0 Å². The zero-order valence-electron chi connectivity index (χ0n) is 10.9. The molecule has 0 spiro atoms. The summed E-state index contributed by atoms with van der Waals surface area (Å²) in [5.74, 6) is -0.500. The Balaban J connectivity index is 2.17. The fraction of sp³-hybridized carbons (Fsp3) is 0.500. The maximum absolute atomic E-state index is 13.0. The van der Waals surface area contributed by atoms with Crippen molar-refractivity contribution in [2.75, 3.05) is 6.61 Å². The van der Waals surface area contributed by atoms with E-state index in [0.717, 1.165) is 6.42 Å².